The summed E-state index contributed by atoms with van der Waals surface area (Å²) in [5.74, 6) is 1.45. The maximum Gasteiger partial charge on any atom is 0.220 e. The first-order valence-corrected chi connectivity index (χ1v) is 8.65. The van der Waals surface area contributed by atoms with Gasteiger partial charge in [-0.15, -0.1) is 11.3 Å². The highest BCUT2D eigenvalue weighted by molar-refractivity contribution is 7.11. The highest BCUT2D eigenvalue weighted by Gasteiger charge is 2.30. The van der Waals surface area contributed by atoms with E-state index in [2.05, 4.69) is 14.9 Å². The topological polar surface area (TPSA) is 62.5 Å². The summed E-state index contributed by atoms with van der Waals surface area (Å²) in [4.78, 5) is 26.1. The number of hydrogen-bond donors (Lipinski definition) is 0. The lowest BCUT2D eigenvalue weighted by Gasteiger charge is -2.26. The molecule has 23 heavy (non-hydrogen) atoms. The molecule has 124 valence electrons. The summed E-state index contributed by atoms with van der Waals surface area (Å²) < 4.78 is 5.52. The Morgan fingerprint density at radius 1 is 1.43 bits per heavy atom. The Bertz CT molecular complexity index is 681. The summed E-state index contributed by atoms with van der Waals surface area (Å²) >= 11 is 1.74. The van der Waals surface area contributed by atoms with Crippen LogP contribution in [0.25, 0.3) is 0 Å². The van der Waals surface area contributed by atoms with E-state index < -0.39 is 0 Å². The van der Waals surface area contributed by atoms with Crippen molar-refractivity contribution in [1.29, 1.82) is 0 Å². The number of oxazole rings is 1. The number of carbonyl (C=O) groups excluding carboxylic acids is 1. The average molecular weight is 334 g/mol. The summed E-state index contributed by atoms with van der Waals surface area (Å²) in [6.45, 7) is 8.74. The van der Waals surface area contributed by atoms with Crippen molar-refractivity contribution in [2.45, 2.75) is 46.3 Å². The first-order valence-electron chi connectivity index (χ1n) is 7.83. The normalized spacial score (nSPS) is 18.5. The van der Waals surface area contributed by atoms with Crippen LogP contribution in [-0.2, 0) is 17.9 Å². The summed E-state index contributed by atoms with van der Waals surface area (Å²) in [5, 5.41) is 1.10. The van der Waals surface area contributed by atoms with Crippen molar-refractivity contribution in [3.63, 3.8) is 0 Å². The Labute approximate surface area is 140 Å². The predicted molar refractivity (Wildman–Crippen MR) is 88.0 cm³/mol. The molecule has 7 heteroatoms. The molecule has 2 aromatic rings. The number of likely N-dealkylation sites (tertiary alicyclic amines) is 1. The molecule has 0 radical (unpaired) electrons. The standard InChI is InChI=1S/C16H22N4O2S/c1-11-6-18-16(22-11)10-20(13(3)21)14-4-5-19(8-14)9-15-7-17-12(2)23-15/h6-7,14H,4-5,8-10H2,1-3H3/t14-/m1/s1. The molecule has 1 atom stereocenters. The lowest BCUT2D eigenvalue weighted by molar-refractivity contribution is -0.132. The van der Waals surface area contributed by atoms with Crippen molar-refractivity contribution in [1.82, 2.24) is 19.8 Å². The molecule has 6 nitrogen and oxygen atoms in total. The molecular formula is C16H22N4O2S. The van der Waals surface area contributed by atoms with Gasteiger partial charge in [-0.05, 0) is 20.3 Å². The monoisotopic (exact) mass is 334 g/mol. The summed E-state index contributed by atoms with van der Waals surface area (Å²) in [6, 6.07) is 0.216. The maximum atomic E-state index is 12.0. The van der Waals surface area contributed by atoms with Gasteiger partial charge in [0.25, 0.3) is 0 Å². The van der Waals surface area contributed by atoms with Crippen molar-refractivity contribution in [3.05, 3.63) is 33.9 Å². The minimum Gasteiger partial charge on any atom is -0.444 e. The fourth-order valence-corrected chi connectivity index (χ4v) is 3.86. The Balaban J connectivity index is 1.61. The van der Waals surface area contributed by atoms with Crippen molar-refractivity contribution < 1.29 is 9.21 Å². The molecule has 0 unspecified atom stereocenters. The second-order valence-corrected chi connectivity index (χ2v) is 7.35. The highest BCUT2D eigenvalue weighted by Crippen LogP contribution is 2.22. The molecule has 0 bridgehead atoms. The molecule has 1 saturated heterocycles. The molecule has 0 aromatic carbocycles. The molecule has 0 spiro atoms. The predicted octanol–water partition coefficient (Wildman–Crippen LogP) is 2.37. The Kier molecular flexibility index (Phi) is 4.77. The fourth-order valence-electron chi connectivity index (χ4n) is 3.03. The quantitative estimate of drug-likeness (QED) is 0.840. The van der Waals surface area contributed by atoms with E-state index >= 15 is 0 Å². The number of aryl methyl sites for hydroxylation is 2. The summed E-state index contributed by atoms with van der Waals surface area (Å²) in [6.07, 6.45) is 4.63. The Morgan fingerprint density at radius 2 is 2.26 bits per heavy atom. The largest absolute Gasteiger partial charge is 0.444 e. The van der Waals surface area contributed by atoms with E-state index in [4.69, 9.17) is 4.42 Å². The Morgan fingerprint density at radius 3 is 2.87 bits per heavy atom. The van der Waals surface area contributed by atoms with Gasteiger partial charge in [-0.1, -0.05) is 0 Å². The molecule has 3 heterocycles. The molecule has 1 fully saturated rings. The van der Waals surface area contributed by atoms with E-state index in [9.17, 15) is 4.79 Å². The number of nitrogens with zero attached hydrogens (tertiary/aromatic N) is 4. The fraction of sp³-hybridized carbons (Fsp3) is 0.562. The summed E-state index contributed by atoms with van der Waals surface area (Å²) in [5.41, 5.74) is 0. The zero-order valence-corrected chi connectivity index (χ0v) is 14.6. The van der Waals surface area contributed by atoms with Crippen LogP contribution < -0.4 is 0 Å². The third-order valence-corrected chi connectivity index (χ3v) is 5.01. The van der Waals surface area contributed by atoms with Gasteiger partial charge >= 0.3 is 0 Å². The van der Waals surface area contributed by atoms with Crippen LogP contribution in [0.2, 0.25) is 0 Å². The van der Waals surface area contributed by atoms with Crippen LogP contribution >= 0.6 is 11.3 Å². The van der Waals surface area contributed by atoms with E-state index in [0.29, 0.717) is 12.4 Å². The van der Waals surface area contributed by atoms with Crippen LogP contribution in [0.3, 0.4) is 0 Å². The van der Waals surface area contributed by atoms with Gasteiger partial charge in [-0.3, -0.25) is 9.69 Å². The lowest BCUT2D eigenvalue weighted by atomic mass is 10.2. The zero-order valence-electron chi connectivity index (χ0n) is 13.8. The number of rotatable bonds is 5. The molecule has 2 aromatic heterocycles. The van der Waals surface area contributed by atoms with E-state index in [1.807, 2.05) is 24.9 Å². The van der Waals surface area contributed by atoms with Crippen LogP contribution in [0.4, 0.5) is 0 Å². The van der Waals surface area contributed by atoms with Crippen LogP contribution in [0, 0.1) is 13.8 Å². The number of hydrogen-bond acceptors (Lipinski definition) is 6. The van der Waals surface area contributed by atoms with Crippen LogP contribution in [-0.4, -0.2) is 44.8 Å². The minimum absolute atomic E-state index is 0.0707. The molecule has 0 saturated carbocycles. The number of carbonyl (C=O) groups is 1. The lowest BCUT2D eigenvalue weighted by Crippen LogP contribution is -2.40. The van der Waals surface area contributed by atoms with Gasteiger partial charge in [0.2, 0.25) is 11.8 Å². The second kappa shape index (κ2) is 6.80. The van der Waals surface area contributed by atoms with Gasteiger partial charge in [0.15, 0.2) is 0 Å². The van der Waals surface area contributed by atoms with Crippen molar-refractivity contribution >= 4 is 17.2 Å². The number of aromatic nitrogens is 2. The maximum absolute atomic E-state index is 12.0. The van der Waals surface area contributed by atoms with Crippen LogP contribution in [0.5, 0.6) is 0 Å². The van der Waals surface area contributed by atoms with Gasteiger partial charge in [-0.25, -0.2) is 9.97 Å². The van der Waals surface area contributed by atoms with Gasteiger partial charge in [0, 0.05) is 43.7 Å². The van der Waals surface area contributed by atoms with E-state index in [-0.39, 0.29) is 11.9 Å². The SMILES string of the molecule is CC(=O)N(Cc1ncc(C)o1)[C@@H]1CCN(Cc2cnc(C)s2)C1. The van der Waals surface area contributed by atoms with E-state index in [0.717, 1.165) is 36.8 Å². The van der Waals surface area contributed by atoms with Gasteiger partial charge in [0.05, 0.1) is 17.7 Å². The molecule has 3 rings (SSSR count). The average Bonchev–Trinajstić information content (AvgIpc) is 3.19. The van der Waals surface area contributed by atoms with Gasteiger partial charge < -0.3 is 9.32 Å². The van der Waals surface area contributed by atoms with Crippen molar-refractivity contribution in [3.8, 4) is 0 Å². The first-order chi connectivity index (χ1) is 11.0. The third kappa shape index (κ3) is 3.97. The van der Waals surface area contributed by atoms with Gasteiger partial charge in [0.1, 0.15) is 5.76 Å². The molecule has 0 aliphatic carbocycles. The number of amides is 1. The van der Waals surface area contributed by atoms with Crippen LogP contribution in [0.1, 0.15) is 34.9 Å². The molecular weight excluding hydrogens is 312 g/mol. The molecule has 1 amide bonds. The molecule has 0 N–H and O–H groups in total. The van der Waals surface area contributed by atoms with E-state index in [1.54, 1.807) is 24.5 Å². The summed E-state index contributed by atoms with van der Waals surface area (Å²) in [7, 11) is 0. The third-order valence-electron chi connectivity index (χ3n) is 4.12. The van der Waals surface area contributed by atoms with Gasteiger partial charge in [-0.2, -0.15) is 0 Å². The second-order valence-electron chi connectivity index (χ2n) is 6.03. The Hall–Kier alpha value is -1.73. The van der Waals surface area contributed by atoms with E-state index in [1.165, 1.54) is 4.88 Å². The van der Waals surface area contributed by atoms with Crippen molar-refractivity contribution in [2.75, 3.05) is 13.1 Å². The number of thiazole rings is 1. The van der Waals surface area contributed by atoms with Crippen molar-refractivity contribution in [2.24, 2.45) is 0 Å². The minimum atomic E-state index is 0.0707. The molecule has 1 aliphatic rings. The first kappa shape index (κ1) is 16.1. The highest BCUT2D eigenvalue weighted by atomic mass is 32.1. The zero-order chi connectivity index (χ0) is 16.4. The molecule has 1 aliphatic heterocycles. The van der Waals surface area contributed by atoms with Crippen LogP contribution in [0.15, 0.2) is 16.8 Å². The smallest absolute Gasteiger partial charge is 0.220 e.